The molecule has 0 radical (unpaired) electrons. The van der Waals surface area contributed by atoms with Crippen LogP contribution in [0, 0.1) is 0 Å². The van der Waals surface area contributed by atoms with Crippen molar-refractivity contribution in [2.75, 3.05) is 6.61 Å². The van der Waals surface area contributed by atoms with E-state index in [1.165, 1.54) is 12.1 Å². The van der Waals surface area contributed by atoms with Crippen molar-refractivity contribution in [1.82, 2.24) is 0 Å². The van der Waals surface area contributed by atoms with Crippen LogP contribution < -0.4 is 4.52 Å². The molecule has 0 bridgehead atoms. The van der Waals surface area contributed by atoms with Crippen LogP contribution in [0.25, 0.3) is 0 Å². The van der Waals surface area contributed by atoms with Crippen LogP contribution in [0.1, 0.15) is 150 Å². The Hall–Kier alpha value is -1.71. The van der Waals surface area contributed by atoms with Crippen molar-refractivity contribution >= 4 is 28.1 Å². The van der Waals surface area contributed by atoms with Crippen LogP contribution in [0.3, 0.4) is 0 Å². The summed E-state index contributed by atoms with van der Waals surface area (Å²) in [6, 6.07) is 2.90. The van der Waals surface area contributed by atoms with E-state index in [2.05, 4.69) is 33.9 Å². The molecule has 0 N–H and O–H groups in total. The smallest absolute Gasteiger partial charge is 0.456 e. The summed E-state index contributed by atoms with van der Waals surface area (Å²) in [5.74, 6) is -1.35. The van der Waals surface area contributed by atoms with Crippen LogP contribution in [0.5, 0.6) is 5.75 Å². The van der Waals surface area contributed by atoms with E-state index in [-0.39, 0.29) is 21.9 Å². The van der Waals surface area contributed by atoms with E-state index in [4.69, 9.17) is 27.5 Å². The number of hydrogen-bond acceptors (Lipinski definition) is 9. The molecule has 0 amide bonds. The number of rotatable bonds is 11. The lowest BCUT2D eigenvalue weighted by Crippen LogP contribution is -2.41. The van der Waals surface area contributed by atoms with E-state index in [1.807, 2.05) is 13.8 Å². The van der Waals surface area contributed by atoms with Gasteiger partial charge in [-0.1, -0.05) is 34.6 Å². The highest BCUT2D eigenvalue weighted by Crippen LogP contribution is 2.57. The molecule has 0 spiro atoms. The van der Waals surface area contributed by atoms with Gasteiger partial charge in [-0.15, -0.1) is 0 Å². The first-order valence-corrected chi connectivity index (χ1v) is 20.4. The van der Waals surface area contributed by atoms with Crippen LogP contribution in [0.4, 0.5) is 0 Å². The minimum absolute atomic E-state index is 0.00150. The third kappa shape index (κ3) is 13.8. The molecular formula is C35H63O9PSi. The highest BCUT2D eigenvalue weighted by atomic mass is 31.2. The Morgan fingerprint density at radius 3 is 1.50 bits per heavy atom. The topological polar surface area (TPSA) is 107 Å². The molecule has 0 aliphatic carbocycles. The van der Waals surface area contributed by atoms with Gasteiger partial charge in [0, 0.05) is 12.2 Å². The zero-order valence-corrected chi connectivity index (χ0v) is 34.1. The first kappa shape index (κ1) is 42.3. The molecule has 1 aromatic rings. The third-order valence-corrected chi connectivity index (χ3v) is 13.5. The molecule has 0 fully saturated rings. The summed E-state index contributed by atoms with van der Waals surface area (Å²) in [5.41, 5.74) is -3.80. The predicted molar refractivity (Wildman–Crippen MR) is 187 cm³/mol. The molecule has 0 saturated carbocycles. The van der Waals surface area contributed by atoms with E-state index in [0.717, 1.165) is 0 Å². The van der Waals surface area contributed by atoms with Gasteiger partial charge in [0.25, 0.3) is 0 Å². The predicted octanol–water partition coefficient (Wildman–Crippen LogP) is 10.4. The summed E-state index contributed by atoms with van der Waals surface area (Å²) in [5, 5.41) is 0.00336. The molecule has 0 atom stereocenters. The lowest BCUT2D eigenvalue weighted by atomic mass is 9.78. The molecule has 0 aromatic heterocycles. The molecule has 0 aliphatic rings. The summed E-state index contributed by atoms with van der Waals surface area (Å²) in [6.07, 6.45) is 0.474. The Kier molecular flexibility index (Phi) is 12.9. The molecule has 9 nitrogen and oxygen atoms in total. The van der Waals surface area contributed by atoms with Gasteiger partial charge >= 0.3 is 19.8 Å². The summed E-state index contributed by atoms with van der Waals surface area (Å²) >= 11 is 0. The number of phosphoric ester groups is 1. The minimum Gasteiger partial charge on any atom is -0.456 e. The Bertz CT molecular complexity index is 1260. The number of benzene rings is 1. The van der Waals surface area contributed by atoms with E-state index >= 15 is 0 Å². The second kappa shape index (κ2) is 14.0. The lowest BCUT2D eigenvalue weighted by molar-refractivity contribution is 0.00592. The van der Waals surface area contributed by atoms with Gasteiger partial charge < -0.3 is 18.4 Å². The molecule has 1 rings (SSSR count). The van der Waals surface area contributed by atoms with E-state index in [0.29, 0.717) is 18.6 Å². The molecule has 0 heterocycles. The number of phosphoric acid groups is 1. The first-order valence-electron chi connectivity index (χ1n) is 16.1. The van der Waals surface area contributed by atoms with Gasteiger partial charge in [0.1, 0.15) is 17.0 Å². The van der Waals surface area contributed by atoms with Crippen LogP contribution >= 0.6 is 7.82 Å². The highest BCUT2D eigenvalue weighted by molar-refractivity contribution is 7.49. The number of hydrogen-bond donors (Lipinski definition) is 0. The monoisotopic (exact) mass is 686 g/mol. The van der Waals surface area contributed by atoms with Gasteiger partial charge in [0.05, 0.1) is 22.3 Å². The zero-order chi connectivity index (χ0) is 36.5. The molecule has 11 heteroatoms. The molecule has 46 heavy (non-hydrogen) atoms. The fourth-order valence-electron chi connectivity index (χ4n) is 4.08. The fraction of sp³-hybridized carbons (Fsp3) is 0.771. The largest absolute Gasteiger partial charge is 0.531 e. The van der Waals surface area contributed by atoms with Crippen molar-refractivity contribution in [3.05, 3.63) is 28.8 Å². The van der Waals surface area contributed by atoms with Gasteiger partial charge in [-0.25, -0.2) is 14.2 Å². The van der Waals surface area contributed by atoms with Crippen molar-refractivity contribution in [2.45, 2.75) is 170 Å². The SMILES string of the molecule is CC(C)(C)OC(=O)c1cc(OP(=O)(OC(C)(C)C)OC(C)(C)C)c(C(C)(C)CCO[Si](C)(C)C(C)(C)C)c(C(=O)OC(C)(C)C)c1. The molecule has 266 valence electrons. The normalized spacial score (nSPS) is 14.2. The maximum Gasteiger partial charge on any atom is 0.531 e. The van der Waals surface area contributed by atoms with Gasteiger partial charge in [-0.05, 0) is 125 Å². The van der Waals surface area contributed by atoms with Crippen molar-refractivity contribution in [3.63, 3.8) is 0 Å². The van der Waals surface area contributed by atoms with Crippen molar-refractivity contribution in [2.24, 2.45) is 0 Å². The van der Waals surface area contributed by atoms with E-state index < -0.39 is 55.9 Å². The Balaban J connectivity index is 4.11. The number of esters is 2. The maximum atomic E-state index is 14.5. The second-order valence-corrected chi connectivity index (χ2v) is 24.3. The number of carbonyl (C=O) groups excluding carboxylic acids is 2. The summed E-state index contributed by atoms with van der Waals surface area (Å²) in [4.78, 5) is 27.4. The van der Waals surface area contributed by atoms with Crippen LogP contribution in [-0.2, 0) is 32.9 Å². The van der Waals surface area contributed by atoms with Crippen LogP contribution in [-0.4, -0.2) is 49.3 Å². The van der Waals surface area contributed by atoms with Crippen LogP contribution in [0.15, 0.2) is 12.1 Å². The summed E-state index contributed by atoms with van der Waals surface area (Å²) < 4.78 is 50.7. The number of carbonyl (C=O) groups is 2. The summed E-state index contributed by atoms with van der Waals surface area (Å²) in [6.45, 7) is 36.2. The average molecular weight is 687 g/mol. The van der Waals surface area contributed by atoms with Gasteiger partial charge in [-0.3, -0.25) is 9.05 Å². The standard InChI is InChI=1S/C35H63O9PSi/c1-30(2,3)40-28(36)24-22-25(29(37)41-31(4,5)6)27(35(16,17)20-21-39-46(18,19)34(13,14)15)26(23-24)42-45(38,43-32(7,8)9)44-33(10,11)12/h22-23H,20-21H2,1-19H3. The van der Waals surface area contributed by atoms with Gasteiger partial charge in [0.2, 0.25) is 0 Å². The van der Waals surface area contributed by atoms with E-state index in [9.17, 15) is 14.2 Å². The average Bonchev–Trinajstić information content (AvgIpc) is 2.71. The Morgan fingerprint density at radius 2 is 1.11 bits per heavy atom. The minimum atomic E-state index is -4.37. The Morgan fingerprint density at radius 1 is 0.674 bits per heavy atom. The quantitative estimate of drug-likeness (QED) is 0.128. The maximum absolute atomic E-state index is 14.5. The molecule has 0 unspecified atom stereocenters. The van der Waals surface area contributed by atoms with Gasteiger partial charge in [0.15, 0.2) is 8.32 Å². The summed E-state index contributed by atoms with van der Waals surface area (Å²) in [7, 11) is -6.46. The highest BCUT2D eigenvalue weighted by Gasteiger charge is 2.43. The zero-order valence-electron chi connectivity index (χ0n) is 32.2. The third-order valence-electron chi connectivity index (χ3n) is 7.01. The van der Waals surface area contributed by atoms with Crippen molar-refractivity contribution < 1.29 is 41.6 Å². The van der Waals surface area contributed by atoms with Crippen molar-refractivity contribution in [1.29, 1.82) is 0 Å². The number of ether oxygens (including phenoxy) is 2. The molecule has 0 saturated heterocycles. The van der Waals surface area contributed by atoms with Gasteiger partial charge in [-0.2, -0.15) is 0 Å². The lowest BCUT2D eigenvalue weighted by Gasteiger charge is -2.38. The molecule has 1 aromatic carbocycles. The van der Waals surface area contributed by atoms with Crippen molar-refractivity contribution in [3.8, 4) is 5.75 Å². The Labute approximate surface area is 280 Å². The second-order valence-electron chi connectivity index (χ2n) is 18.1. The van der Waals surface area contributed by atoms with E-state index in [1.54, 1.807) is 83.1 Å². The molecular weight excluding hydrogens is 623 g/mol. The molecule has 0 aliphatic heterocycles. The van der Waals surface area contributed by atoms with Crippen LogP contribution in [0.2, 0.25) is 18.1 Å². The first-order chi connectivity index (χ1) is 20.1. The fourth-order valence-corrected chi connectivity index (χ4v) is 6.97.